The minimum absolute atomic E-state index is 0.0209. The Balaban J connectivity index is 1.58. The van der Waals surface area contributed by atoms with Crippen molar-refractivity contribution in [1.29, 1.82) is 0 Å². The highest BCUT2D eigenvalue weighted by atomic mass is 16.3. The zero-order chi connectivity index (χ0) is 24.4. The number of para-hydroxylation sites is 2. The standard InChI is InChI=1S/C32H25N3O/c1-32(2,3)21-18-27-30(33-19-21)34-31(35(27)22-11-5-4-6-12-22)26-15-9-14-24-25-17-16-20-10-7-8-13-23(20)28(25)36-29(24)26/h4-19H,1-3H3. The summed E-state index contributed by atoms with van der Waals surface area (Å²) in [5.41, 5.74) is 6.61. The number of pyridine rings is 1. The zero-order valence-electron chi connectivity index (χ0n) is 20.5. The third-order valence-electron chi connectivity index (χ3n) is 7.02. The maximum atomic E-state index is 6.64. The highest BCUT2D eigenvalue weighted by Crippen LogP contribution is 2.40. The van der Waals surface area contributed by atoms with Gasteiger partial charge in [-0.05, 0) is 46.7 Å². The molecule has 0 radical (unpaired) electrons. The lowest BCUT2D eigenvalue weighted by atomic mass is 9.88. The first-order valence-electron chi connectivity index (χ1n) is 12.3. The van der Waals surface area contributed by atoms with E-state index in [1.54, 1.807) is 0 Å². The van der Waals surface area contributed by atoms with Crippen LogP contribution in [-0.2, 0) is 5.41 Å². The topological polar surface area (TPSA) is 43.9 Å². The van der Waals surface area contributed by atoms with Crippen molar-refractivity contribution in [3.05, 3.63) is 103 Å². The van der Waals surface area contributed by atoms with Crippen LogP contribution < -0.4 is 0 Å². The maximum Gasteiger partial charge on any atom is 0.178 e. The molecule has 7 aromatic rings. The van der Waals surface area contributed by atoms with Crippen LogP contribution >= 0.6 is 0 Å². The van der Waals surface area contributed by atoms with Gasteiger partial charge in [0.2, 0.25) is 0 Å². The van der Waals surface area contributed by atoms with E-state index in [-0.39, 0.29) is 5.41 Å². The largest absolute Gasteiger partial charge is 0.455 e. The molecule has 3 heterocycles. The molecule has 4 nitrogen and oxygen atoms in total. The molecule has 3 aromatic heterocycles. The quantitative estimate of drug-likeness (QED) is 0.256. The van der Waals surface area contributed by atoms with Gasteiger partial charge in [-0.1, -0.05) is 81.4 Å². The smallest absolute Gasteiger partial charge is 0.178 e. The number of hydrogen-bond acceptors (Lipinski definition) is 3. The molecule has 4 heteroatoms. The van der Waals surface area contributed by atoms with Crippen LogP contribution in [0.1, 0.15) is 26.3 Å². The molecule has 174 valence electrons. The van der Waals surface area contributed by atoms with Gasteiger partial charge in [-0.15, -0.1) is 0 Å². The summed E-state index contributed by atoms with van der Waals surface area (Å²) in [7, 11) is 0. The van der Waals surface area contributed by atoms with Crippen molar-refractivity contribution < 1.29 is 4.42 Å². The Morgan fingerprint density at radius 2 is 1.47 bits per heavy atom. The summed E-state index contributed by atoms with van der Waals surface area (Å²) >= 11 is 0. The Morgan fingerprint density at radius 1 is 0.722 bits per heavy atom. The van der Waals surface area contributed by atoms with Gasteiger partial charge < -0.3 is 4.42 Å². The predicted molar refractivity (Wildman–Crippen MR) is 148 cm³/mol. The summed E-state index contributed by atoms with van der Waals surface area (Å²) in [5, 5.41) is 4.48. The number of nitrogens with zero attached hydrogens (tertiary/aromatic N) is 3. The van der Waals surface area contributed by atoms with Gasteiger partial charge in [0, 0.05) is 28.0 Å². The second-order valence-electron chi connectivity index (χ2n) is 10.4. The second-order valence-corrected chi connectivity index (χ2v) is 10.4. The molecule has 0 atom stereocenters. The van der Waals surface area contributed by atoms with Gasteiger partial charge in [0.15, 0.2) is 11.5 Å². The number of hydrogen-bond donors (Lipinski definition) is 0. The maximum absolute atomic E-state index is 6.64. The predicted octanol–water partition coefficient (Wildman–Crippen LogP) is 8.44. The number of aromatic nitrogens is 3. The SMILES string of the molecule is CC(C)(C)c1cnc2nc(-c3cccc4c3oc3c5ccccc5ccc43)n(-c3ccccc3)c2c1. The first-order valence-corrected chi connectivity index (χ1v) is 12.3. The number of rotatable bonds is 2. The van der Waals surface area contributed by atoms with Crippen LogP contribution in [0.3, 0.4) is 0 Å². The summed E-state index contributed by atoms with van der Waals surface area (Å²) < 4.78 is 8.85. The third kappa shape index (κ3) is 3.07. The third-order valence-corrected chi connectivity index (χ3v) is 7.02. The van der Waals surface area contributed by atoms with E-state index in [0.717, 1.165) is 55.6 Å². The molecule has 36 heavy (non-hydrogen) atoms. The van der Waals surface area contributed by atoms with Crippen LogP contribution in [0.15, 0.2) is 102 Å². The van der Waals surface area contributed by atoms with Gasteiger partial charge >= 0.3 is 0 Å². The molecule has 0 amide bonds. The molecule has 0 aliphatic rings. The van der Waals surface area contributed by atoms with Crippen LogP contribution in [0.4, 0.5) is 0 Å². The minimum atomic E-state index is -0.0209. The Morgan fingerprint density at radius 3 is 2.31 bits per heavy atom. The lowest BCUT2D eigenvalue weighted by molar-refractivity contribution is 0.588. The van der Waals surface area contributed by atoms with Gasteiger partial charge in [-0.3, -0.25) is 4.57 Å². The van der Waals surface area contributed by atoms with Crippen molar-refractivity contribution in [3.63, 3.8) is 0 Å². The van der Waals surface area contributed by atoms with Gasteiger partial charge in [0.25, 0.3) is 0 Å². The number of fused-ring (bicyclic) bond motifs is 6. The molecule has 4 aromatic carbocycles. The normalized spacial score (nSPS) is 12.3. The van der Waals surface area contributed by atoms with E-state index in [1.165, 1.54) is 10.9 Å². The molecule has 0 aliphatic heterocycles. The fourth-order valence-electron chi connectivity index (χ4n) is 5.09. The molecule has 0 saturated carbocycles. The summed E-state index contributed by atoms with van der Waals surface area (Å²) in [6.45, 7) is 6.62. The Bertz CT molecular complexity index is 1920. The van der Waals surface area contributed by atoms with Crippen molar-refractivity contribution in [2.24, 2.45) is 0 Å². The molecule has 0 unspecified atom stereocenters. The molecule has 0 saturated heterocycles. The summed E-state index contributed by atoms with van der Waals surface area (Å²) in [6.07, 6.45) is 1.95. The van der Waals surface area contributed by atoms with Crippen molar-refractivity contribution >= 4 is 43.9 Å². The van der Waals surface area contributed by atoms with Crippen molar-refractivity contribution in [1.82, 2.24) is 14.5 Å². The highest BCUT2D eigenvalue weighted by Gasteiger charge is 2.22. The molecule has 0 spiro atoms. The molecule has 0 N–H and O–H groups in total. The van der Waals surface area contributed by atoms with E-state index < -0.39 is 0 Å². The fourth-order valence-corrected chi connectivity index (χ4v) is 5.09. The van der Waals surface area contributed by atoms with Crippen LogP contribution in [0.2, 0.25) is 0 Å². The summed E-state index contributed by atoms with van der Waals surface area (Å²) in [6, 6.07) is 31.6. The molecule has 0 fully saturated rings. The Labute approximate surface area is 208 Å². The van der Waals surface area contributed by atoms with E-state index in [0.29, 0.717) is 0 Å². The molecular weight excluding hydrogens is 442 g/mol. The highest BCUT2D eigenvalue weighted by molar-refractivity contribution is 6.17. The lowest BCUT2D eigenvalue weighted by Crippen LogP contribution is -2.11. The average Bonchev–Trinajstić information content (AvgIpc) is 3.47. The Hall–Kier alpha value is -4.44. The number of imidazole rings is 1. The lowest BCUT2D eigenvalue weighted by Gasteiger charge is -2.18. The van der Waals surface area contributed by atoms with Gasteiger partial charge in [0.1, 0.15) is 11.2 Å². The van der Waals surface area contributed by atoms with Crippen LogP contribution in [0, 0.1) is 0 Å². The second kappa shape index (κ2) is 7.53. The van der Waals surface area contributed by atoms with Gasteiger partial charge in [-0.25, -0.2) is 9.97 Å². The molecular formula is C32H25N3O. The summed E-state index contributed by atoms with van der Waals surface area (Å²) in [5.74, 6) is 0.823. The number of furan rings is 1. The average molecular weight is 468 g/mol. The van der Waals surface area contributed by atoms with E-state index in [9.17, 15) is 0 Å². The number of benzene rings is 4. The van der Waals surface area contributed by atoms with E-state index in [2.05, 4.69) is 110 Å². The zero-order valence-corrected chi connectivity index (χ0v) is 20.5. The monoisotopic (exact) mass is 467 g/mol. The van der Waals surface area contributed by atoms with Gasteiger partial charge in [0.05, 0.1) is 11.1 Å². The van der Waals surface area contributed by atoms with Gasteiger partial charge in [-0.2, -0.15) is 0 Å². The van der Waals surface area contributed by atoms with Crippen molar-refractivity contribution in [2.45, 2.75) is 26.2 Å². The first kappa shape index (κ1) is 20.9. The van der Waals surface area contributed by atoms with Crippen LogP contribution in [0.25, 0.3) is 61.0 Å². The fraction of sp³-hybridized carbons (Fsp3) is 0.125. The first-order chi connectivity index (χ1) is 17.5. The van der Waals surface area contributed by atoms with Crippen molar-refractivity contribution in [3.8, 4) is 17.1 Å². The van der Waals surface area contributed by atoms with E-state index in [1.807, 2.05) is 12.3 Å². The molecule has 7 rings (SSSR count). The molecule has 0 bridgehead atoms. The minimum Gasteiger partial charge on any atom is -0.455 e. The Kier molecular flexibility index (Phi) is 4.37. The van der Waals surface area contributed by atoms with E-state index >= 15 is 0 Å². The van der Waals surface area contributed by atoms with Crippen molar-refractivity contribution in [2.75, 3.05) is 0 Å². The van der Waals surface area contributed by atoms with Crippen LogP contribution in [-0.4, -0.2) is 14.5 Å². The summed E-state index contributed by atoms with van der Waals surface area (Å²) in [4.78, 5) is 9.84. The van der Waals surface area contributed by atoms with E-state index in [4.69, 9.17) is 14.4 Å². The molecule has 0 aliphatic carbocycles. The van der Waals surface area contributed by atoms with Crippen LogP contribution in [0.5, 0.6) is 0 Å².